The number of rotatable bonds is 7. The summed E-state index contributed by atoms with van der Waals surface area (Å²) in [4.78, 5) is 0. The minimum absolute atomic E-state index is 0.125. The smallest absolute Gasteiger partial charge is 0.111 e. The second-order valence-electron chi connectivity index (χ2n) is 8.79. The van der Waals surface area contributed by atoms with Crippen molar-refractivity contribution in [2.45, 2.75) is 157 Å². The highest BCUT2D eigenvalue weighted by Gasteiger charge is 1.98. The molecule has 0 radical (unpaired) electrons. The Morgan fingerprint density at radius 3 is 1.03 bits per heavy atom. The van der Waals surface area contributed by atoms with Gasteiger partial charge in [-0.3, -0.25) is 0 Å². The third-order valence-corrected chi connectivity index (χ3v) is 4.43. The first-order chi connectivity index (χ1) is 18.3. The number of aliphatic hydroxyl groups excluding tert-OH is 1. The lowest BCUT2D eigenvalue weighted by Gasteiger charge is -2.04. The van der Waals surface area contributed by atoms with Crippen LogP contribution >= 0.6 is 0 Å². The highest BCUT2D eigenvalue weighted by Crippen LogP contribution is 2.15. The van der Waals surface area contributed by atoms with Gasteiger partial charge in [0.25, 0.3) is 0 Å². The van der Waals surface area contributed by atoms with E-state index in [1.54, 1.807) is 0 Å². The predicted octanol–water partition coefficient (Wildman–Crippen LogP) is 14.3. The maximum absolute atomic E-state index is 8.95. The zero-order valence-corrected chi connectivity index (χ0v) is 30.5. The van der Waals surface area contributed by atoms with Gasteiger partial charge in [0.1, 0.15) is 5.76 Å². The number of allylic oxidation sites excluding steroid dienone is 4. The highest BCUT2D eigenvalue weighted by atomic mass is 16.3. The minimum Gasteiger partial charge on any atom is -0.508 e. The SMILES string of the molecule is C=C(C)/C(C)=C(/C)C(=C)O.C=C(C)CCCC.CC.CC.CC.CC.CC(C)C.CCc1ccc(CC)cc1. The summed E-state index contributed by atoms with van der Waals surface area (Å²) in [6, 6.07) is 8.83. The summed E-state index contributed by atoms with van der Waals surface area (Å²) in [5.41, 5.74) is 6.95. The van der Waals surface area contributed by atoms with Gasteiger partial charge in [0, 0.05) is 0 Å². The molecule has 0 fully saturated rings. The Morgan fingerprint density at radius 2 is 0.923 bits per heavy atom. The molecule has 1 nitrogen and oxygen atoms in total. The predicted molar refractivity (Wildman–Crippen MR) is 190 cm³/mol. The van der Waals surface area contributed by atoms with Crippen LogP contribution in [0.1, 0.15) is 155 Å². The summed E-state index contributed by atoms with van der Waals surface area (Å²) in [5.74, 6) is 0.959. The monoisotopic (exact) mass is 549 g/mol. The molecule has 0 saturated heterocycles. The highest BCUT2D eigenvalue weighted by molar-refractivity contribution is 5.36. The number of unbranched alkanes of at least 4 members (excludes halogenated alkanes) is 1. The molecule has 0 amide bonds. The van der Waals surface area contributed by atoms with E-state index in [0.29, 0.717) is 0 Å². The lowest BCUT2D eigenvalue weighted by atomic mass is 10.0. The van der Waals surface area contributed by atoms with Gasteiger partial charge in [0.05, 0.1) is 0 Å². The summed E-state index contributed by atoms with van der Waals surface area (Å²) < 4.78 is 0. The van der Waals surface area contributed by atoms with Crippen LogP contribution in [0.25, 0.3) is 0 Å². The molecule has 234 valence electrons. The number of benzene rings is 1. The largest absolute Gasteiger partial charge is 0.508 e. The number of hydrogen-bond acceptors (Lipinski definition) is 1. The lowest BCUT2D eigenvalue weighted by Crippen LogP contribution is -1.87. The van der Waals surface area contributed by atoms with E-state index in [1.165, 1.54) is 36.0 Å². The van der Waals surface area contributed by atoms with Crippen LogP contribution in [0, 0.1) is 5.92 Å². The number of aliphatic hydroxyl groups is 1. The van der Waals surface area contributed by atoms with Crippen molar-refractivity contribution in [1.82, 2.24) is 0 Å². The molecule has 1 aromatic rings. The van der Waals surface area contributed by atoms with Gasteiger partial charge in [-0.1, -0.05) is 152 Å². The molecule has 1 heteroatoms. The Labute approximate surface area is 250 Å². The average molecular weight is 549 g/mol. The first-order valence-corrected chi connectivity index (χ1v) is 15.8. The van der Waals surface area contributed by atoms with Gasteiger partial charge >= 0.3 is 0 Å². The van der Waals surface area contributed by atoms with E-state index in [1.807, 2.05) is 76.2 Å². The van der Waals surface area contributed by atoms with Crippen molar-refractivity contribution in [2.75, 3.05) is 0 Å². The van der Waals surface area contributed by atoms with Crippen molar-refractivity contribution in [1.29, 1.82) is 0 Å². The third kappa shape index (κ3) is 53.1. The van der Waals surface area contributed by atoms with Crippen LogP contribution in [0.5, 0.6) is 0 Å². The van der Waals surface area contributed by atoms with Crippen LogP contribution in [0.3, 0.4) is 0 Å². The van der Waals surface area contributed by atoms with Crippen molar-refractivity contribution in [3.63, 3.8) is 0 Å². The van der Waals surface area contributed by atoms with Crippen LogP contribution in [0.2, 0.25) is 0 Å². The molecule has 1 N–H and O–H groups in total. The molecule has 0 heterocycles. The molecule has 0 spiro atoms. The molecule has 0 bridgehead atoms. The fourth-order valence-corrected chi connectivity index (χ4v) is 2.03. The molecule has 1 rings (SSSR count). The van der Waals surface area contributed by atoms with E-state index in [0.717, 1.165) is 35.5 Å². The van der Waals surface area contributed by atoms with Gasteiger partial charge in [-0.15, -0.1) is 6.58 Å². The van der Waals surface area contributed by atoms with E-state index in [2.05, 4.69) is 92.5 Å². The summed E-state index contributed by atoms with van der Waals surface area (Å²) >= 11 is 0. The maximum atomic E-state index is 8.95. The zero-order chi connectivity index (χ0) is 33.0. The number of aryl methyl sites for hydroxylation is 2. The minimum atomic E-state index is 0.125. The van der Waals surface area contributed by atoms with Crippen molar-refractivity contribution in [2.24, 2.45) is 5.92 Å². The van der Waals surface area contributed by atoms with Crippen LogP contribution in [-0.4, -0.2) is 5.11 Å². The zero-order valence-electron chi connectivity index (χ0n) is 30.5. The van der Waals surface area contributed by atoms with Gasteiger partial charge in [0.15, 0.2) is 0 Å². The Kier molecular flexibility index (Phi) is 62.6. The van der Waals surface area contributed by atoms with Crippen molar-refractivity contribution in [3.05, 3.63) is 83.2 Å². The molecule has 0 aliphatic heterocycles. The van der Waals surface area contributed by atoms with Crippen LogP contribution in [-0.2, 0) is 12.8 Å². The Morgan fingerprint density at radius 1 is 0.641 bits per heavy atom. The van der Waals surface area contributed by atoms with Gasteiger partial charge in [-0.2, -0.15) is 0 Å². The second-order valence-corrected chi connectivity index (χ2v) is 8.79. The van der Waals surface area contributed by atoms with Crippen LogP contribution in [0.4, 0.5) is 0 Å². The molecular weight excluding hydrogens is 472 g/mol. The summed E-state index contributed by atoms with van der Waals surface area (Å²) in [7, 11) is 0. The molecule has 0 aliphatic carbocycles. The van der Waals surface area contributed by atoms with Crippen molar-refractivity contribution >= 4 is 0 Å². The van der Waals surface area contributed by atoms with E-state index in [4.69, 9.17) is 5.11 Å². The van der Waals surface area contributed by atoms with E-state index in [-0.39, 0.29) is 5.76 Å². The maximum Gasteiger partial charge on any atom is 0.111 e. The first kappa shape index (κ1) is 53.3. The average Bonchev–Trinajstić information content (AvgIpc) is 2.95. The first-order valence-electron chi connectivity index (χ1n) is 15.8. The summed E-state index contributed by atoms with van der Waals surface area (Å²) in [6.07, 6.45) is 6.08. The van der Waals surface area contributed by atoms with Crippen molar-refractivity contribution < 1.29 is 5.11 Å². The van der Waals surface area contributed by atoms with E-state index < -0.39 is 0 Å². The van der Waals surface area contributed by atoms with Gasteiger partial charge in [0.2, 0.25) is 0 Å². The summed E-state index contributed by atoms with van der Waals surface area (Å²) in [5, 5.41) is 8.95. The summed E-state index contributed by atoms with van der Waals surface area (Å²) in [6.45, 7) is 47.7. The Bertz CT molecular complexity index is 594. The molecule has 0 unspecified atom stereocenters. The van der Waals surface area contributed by atoms with E-state index in [9.17, 15) is 0 Å². The molecule has 0 aromatic heterocycles. The molecular formula is C38H76O. The molecule has 39 heavy (non-hydrogen) atoms. The molecule has 0 saturated carbocycles. The number of hydrogen-bond donors (Lipinski definition) is 1. The van der Waals surface area contributed by atoms with Crippen LogP contribution < -0.4 is 0 Å². The lowest BCUT2D eigenvalue weighted by molar-refractivity contribution is 0.425. The van der Waals surface area contributed by atoms with E-state index >= 15 is 0 Å². The van der Waals surface area contributed by atoms with Crippen LogP contribution in [0.15, 0.2) is 72.1 Å². The molecule has 0 aliphatic rings. The molecule has 0 atom stereocenters. The Hall–Kier alpha value is -2.02. The van der Waals surface area contributed by atoms with Gasteiger partial charge < -0.3 is 5.11 Å². The fraction of sp³-hybridized carbons (Fsp3) is 0.632. The standard InChI is InChI=1S/C10H14.C9H14O.C7H14.C4H10.4C2H6/c1-3-9-5-7-10(4-2)8-6-9;1-6(2)7(3)8(4)9(5)10;1-4-5-6-7(2)3;1-4(2)3;4*1-2/h5-8H,3-4H2,1-2H3;10H,1,5H2,2-4H3;2,4-6H2,1,3H3;4H,1-3H3;4*1-2H3/b;8-7-;;;;;;. The van der Waals surface area contributed by atoms with Gasteiger partial charge in [-0.25, -0.2) is 0 Å². The fourth-order valence-electron chi connectivity index (χ4n) is 2.03. The third-order valence-electron chi connectivity index (χ3n) is 4.43. The topological polar surface area (TPSA) is 20.2 Å². The molecule has 1 aromatic carbocycles. The van der Waals surface area contributed by atoms with Crippen molar-refractivity contribution in [3.8, 4) is 0 Å². The Balaban J connectivity index is -0.0000000663. The normalized spacial score (nSPS) is 8.79. The quantitative estimate of drug-likeness (QED) is 0.204. The van der Waals surface area contributed by atoms with Gasteiger partial charge in [-0.05, 0) is 81.6 Å². The second kappa shape index (κ2) is 45.9.